The van der Waals surface area contributed by atoms with Crippen molar-refractivity contribution in [3.8, 4) is 40.1 Å². The fourth-order valence-corrected chi connectivity index (χ4v) is 6.48. The summed E-state index contributed by atoms with van der Waals surface area (Å²) in [4.78, 5) is 9.67. The lowest BCUT2D eigenvalue weighted by atomic mass is 9.88. The number of ether oxygens (including phenoxy) is 1. The Morgan fingerprint density at radius 1 is 0.674 bits per heavy atom. The first-order chi connectivity index (χ1) is 22.0. The molecular formula is C40H39N5O. The van der Waals surface area contributed by atoms with E-state index in [4.69, 9.17) is 19.8 Å². The lowest BCUT2D eigenvalue weighted by Crippen LogP contribution is -2.12. The molecule has 0 aliphatic heterocycles. The largest absolute Gasteiger partial charge is 0.439 e. The third kappa shape index (κ3) is 4.94. The summed E-state index contributed by atoms with van der Waals surface area (Å²) in [5.74, 6) is 2.10. The molecule has 7 rings (SSSR count). The Balaban J connectivity index is 1.26. The molecule has 46 heavy (non-hydrogen) atoms. The van der Waals surface area contributed by atoms with Crippen LogP contribution in [0.3, 0.4) is 0 Å². The van der Waals surface area contributed by atoms with Crippen LogP contribution in [0.1, 0.15) is 54.2 Å². The molecule has 3 aromatic carbocycles. The van der Waals surface area contributed by atoms with Crippen LogP contribution in [0, 0.1) is 34.6 Å². The molecule has 6 nitrogen and oxygen atoms in total. The number of para-hydroxylation sites is 1. The van der Waals surface area contributed by atoms with E-state index in [1.54, 1.807) is 0 Å². The molecule has 0 bridgehead atoms. The van der Waals surface area contributed by atoms with Gasteiger partial charge in [-0.3, -0.25) is 9.67 Å². The second-order valence-electron chi connectivity index (χ2n) is 13.3. The van der Waals surface area contributed by atoms with Crippen LogP contribution in [0.25, 0.3) is 50.3 Å². The molecule has 0 radical (unpaired) electrons. The van der Waals surface area contributed by atoms with E-state index in [0.29, 0.717) is 11.6 Å². The number of hydrogen-bond donors (Lipinski definition) is 1. The third-order valence-electron chi connectivity index (χ3n) is 9.54. The zero-order chi connectivity index (χ0) is 32.3. The number of nitrogens with zero attached hydrogens (tertiary/aromatic N) is 4. The number of hydrogen-bond acceptors (Lipinski definition) is 4. The van der Waals surface area contributed by atoms with Crippen LogP contribution >= 0.6 is 0 Å². The highest BCUT2D eigenvalue weighted by molar-refractivity contribution is 6.09. The average Bonchev–Trinajstić information content (AvgIpc) is 3.66. The normalized spacial score (nSPS) is 11.9. The Labute approximate surface area is 270 Å². The zero-order valence-corrected chi connectivity index (χ0v) is 27.8. The Kier molecular flexibility index (Phi) is 7.04. The van der Waals surface area contributed by atoms with Crippen molar-refractivity contribution in [3.63, 3.8) is 0 Å². The van der Waals surface area contributed by atoms with Gasteiger partial charge >= 0.3 is 0 Å². The van der Waals surface area contributed by atoms with Gasteiger partial charge in [-0.25, -0.2) is 9.97 Å². The van der Waals surface area contributed by atoms with Gasteiger partial charge in [0, 0.05) is 34.7 Å². The lowest BCUT2D eigenvalue weighted by Gasteiger charge is -2.20. The van der Waals surface area contributed by atoms with Crippen molar-refractivity contribution in [2.45, 2.75) is 60.8 Å². The van der Waals surface area contributed by atoms with Crippen LogP contribution in [0.4, 0.5) is 0 Å². The Bertz CT molecular complexity index is 2250. The smallest absolute Gasteiger partial charge is 0.219 e. The molecule has 0 atom stereocenters. The summed E-state index contributed by atoms with van der Waals surface area (Å²) in [6.07, 6.45) is 1.90. The summed E-state index contributed by atoms with van der Waals surface area (Å²) in [5, 5.41) is 10.2. The molecular weight excluding hydrogens is 566 g/mol. The van der Waals surface area contributed by atoms with Gasteiger partial charge in [0.2, 0.25) is 5.88 Å². The predicted octanol–water partition coefficient (Wildman–Crippen LogP) is 10.3. The van der Waals surface area contributed by atoms with E-state index in [2.05, 4.69) is 120 Å². The van der Waals surface area contributed by atoms with Crippen LogP contribution in [0.5, 0.6) is 11.6 Å². The monoisotopic (exact) mass is 605 g/mol. The minimum Gasteiger partial charge on any atom is -0.439 e. The SMILES string of the molecule is Cc1c(C)c(C)c(-c2cc(-c3cccc(Oc4ccc5c6ccccc6n(-c6cc(C(C)(C)C)ccn6)c5c4)n3)[nH]n2)c(C)c1C. The molecule has 0 aliphatic rings. The summed E-state index contributed by atoms with van der Waals surface area (Å²) >= 11 is 0. The second kappa shape index (κ2) is 11.0. The number of H-pyrrole nitrogens is 1. The molecule has 0 unspecified atom stereocenters. The highest BCUT2D eigenvalue weighted by Gasteiger charge is 2.19. The number of fused-ring (bicyclic) bond motifs is 3. The number of aromatic nitrogens is 5. The highest BCUT2D eigenvalue weighted by Crippen LogP contribution is 2.37. The van der Waals surface area contributed by atoms with Gasteiger partial charge in [0.25, 0.3) is 0 Å². The van der Waals surface area contributed by atoms with Crippen molar-refractivity contribution < 1.29 is 4.74 Å². The van der Waals surface area contributed by atoms with E-state index < -0.39 is 0 Å². The van der Waals surface area contributed by atoms with Crippen LogP contribution in [-0.4, -0.2) is 24.7 Å². The maximum absolute atomic E-state index is 6.41. The molecule has 4 aromatic heterocycles. The topological polar surface area (TPSA) is 68.6 Å². The van der Waals surface area contributed by atoms with Crippen molar-refractivity contribution in [1.29, 1.82) is 0 Å². The Morgan fingerprint density at radius 2 is 1.39 bits per heavy atom. The summed E-state index contributed by atoms with van der Waals surface area (Å²) in [6.45, 7) is 17.6. The molecule has 0 aliphatic carbocycles. The Hall–Kier alpha value is -5.23. The van der Waals surface area contributed by atoms with Gasteiger partial charge in [-0.2, -0.15) is 5.10 Å². The van der Waals surface area contributed by atoms with Crippen molar-refractivity contribution in [1.82, 2.24) is 24.7 Å². The molecule has 0 saturated carbocycles. The van der Waals surface area contributed by atoms with E-state index in [-0.39, 0.29) is 5.41 Å². The van der Waals surface area contributed by atoms with E-state index in [1.165, 1.54) is 44.3 Å². The number of pyridine rings is 2. The van der Waals surface area contributed by atoms with Gasteiger partial charge in [0.1, 0.15) is 11.6 Å². The molecule has 7 aromatic rings. The second-order valence-corrected chi connectivity index (χ2v) is 13.3. The summed E-state index contributed by atoms with van der Waals surface area (Å²) < 4.78 is 8.63. The van der Waals surface area contributed by atoms with Crippen molar-refractivity contribution >= 4 is 21.8 Å². The fraction of sp³-hybridized carbons (Fsp3) is 0.225. The van der Waals surface area contributed by atoms with Crippen LogP contribution in [0.2, 0.25) is 0 Å². The first-order valence-corrected chi connectivity index (χ1v) is 15.8. The molecule has 0 spiro atoms. The van der Waals surface area contributed by atoms with Crippen molar-refractivity contribution in [2.75, 3.05) is 0 Å². The standard InChI is InChI=1S/C40H39N5O/c1-23-24(2)26(4)39(27(5)25(23)3)34-22-33(43-44-34)32-13-11-15-38(42-32)46-29-16-17-31-30-12-9-10-14-35(30)45(36(31)21-29)37-20-28(18-19-41-37)40(6,7)8/h9-22H,1-8H3,(H,43,44). The fourth-order valence-electron chi connectivity index (χ4n) is 6.48. The van der Waals surface area contributed by atoms with Gasteiger partial charge in [-0.15, -0.1) is 0 Å². The quantitative estimate of drug-likeness (QED) is 0.212. The maximum Gasteiger partial charge on any atom is 0.219 e. The zero-order valence-electron chi connectivity index (χ0n) is 27.8. The van der Waals surface area contributed by atoms with E-state index in [1.807, 2.05) is 30.5 Å². The third-order valence-corrected chi connectivity index (χ3v) is 9.54. The minimum absolute atomic E-state index is 0.00646. The van der Waals surface area contributed by atoms with Gasteiger partial charge in [0.15, 0.2) is 0 Å². The van der Waals surface area contributed by atoms with Crippen LogP contribution in [-0.2, 0) is 5.41 Å². The number of nitrogens with one attached hydrogen (secondary N) is 1. The Morgan fingerprint density at radius 3 is 2.15 bits per heavy atom. The summed E-state index contributed by atoms with van der Waals surface area (Å²) in [7, 11) is 0. The minimum atomic E-state index is 0.00646. The first-order valence-electron chi connectivity index (χ1n) is 15.8. The van der Waals surface area contributed by atoms with Gasteiger partial charge in [0.05, 0.1) is 28.1 Å². The van der Waals surface area contributed by atoms with E-state index in [9.17, 15) is 0 Å². The summed E-state index contributed by atoms with van der Waals surface area (Å²) in [5.41, 5.74) is 13.6. The van der Waals surface area contributed by atoms with E-state index in [0.717, 1.165) is 39.3 Å². The van der Waals surface area contributed by atoms with E-state index >= 15 is 0 Å². The highest BCUT2D eigenvalue weighted by atomic mass is 16.5. The lowest BCUT2D eigenvalue weighted by molar-refractivity contribution is 0.464. The molecule has 0 amide bonds. The average molecular weight is 606 g/mol. The molecule has 0 saturated heterocycles. The van der Waals surface area contributed by atoms with Crippen LogP contribution in [0.15, 0.2) is 85.1 Å². The van der Waals surface area contributed by atoms with Crippen molar-refractivity contribution in [3.05, 3.63) is 118 Å². The number of aromatic amines is 1. The van der Waals surface area contributed by atoms with Gasteiger partial charge in [-0.1, -0.05) is 45.0 Å². The van der Waals surface area contributed by atoms with Crippen molar-refractivity contribution in [2.24, 2.45) is 0 Å². The molecule has 4 heterocycles. The number of benzene rings is 3. The molecule has 1 N–H and O–H groups in total. The summed E-state index contributed by atoms with van der Waals surface area (Å²) in [6, 6.07) is 26.9. The first kappa shape index (κ1) is 29.5. The van der Waals surface area contributed by atoms with Gasteiger partial charge in [-0.05, 0) is 116 Å². The molecule has 0 fully saturated rings. The maximum atomic E-state index is 6.41. The predicted molar refractivity (Wildman–Crippen MR) is 188 cm³/mol. The molecule has 230 valence electrons. The molecule has 6 heteroatoms. The number of rotatable bonds is 5. The van der Waals surface area contributed by atoms with Gasteiger partial charge < -0.3 is 4.74 Å². The van der Waals surface area contributed by atoms with Crippen LogP contribution < -0.4 is 4.74 Å².